The van der Waals surface area contributed by atoms with E-state index in [4.69, 9.17) is 0 Å². The smallest absolute Gasteiger partial charge is 0.220 e. The van der Waals surface area contributed by atoms with Gasteiger partial charge in [0.1, 0.15) is 11.4 Å². The van der Waals surface area contributed by atoms with Crippen molar-refractivity contribution in [2.75, 3.05) is 24.5 Å². The Bertz CT molecular complexity index is 732. The van der Waals surface area contributed by atoms with Crippen LogP contribution in [0.4, 0.5) is 5.82 Å². The summed E-state index contributed by atoms with van der Waals surface area (Å²) in [6.45, 7) is 3.32. The number of β-amino-alcohol motifs (C(OH)–C–C–N with tert-alkyl or cyclic N) is 1. The normalized spacial score (nSPS) is 20.0. The van der Waals surface area contributed by atoms with E-state index in [0.29, 0.717) is 32.4 Å². The van der Waals surface area contributed by atoms with Crippen molar-refractivity contribution in [3.05, 3.63) is 36.0 Å². The number of nitrogens with one attached hydrogen (secondary N) is 1. The Kier molecular flexibility index (Phi) is 4.98. The lowest BCUT2D eigenvalue weighted by Gasteiger charge is -2.24. The lowest BCUT2D eigenvalue weighted by Crippen LogP contribution is -2.45. The van der Waals surface area contributed by atoms with Gasteiger partial charge in [-0.3, -0.25) is 14.5 Å². The van der Waals surface area contributed by atoms with Gasteiger partial charge < -0.3 is 15.3 Å². The maximum absolute atomic E-state index is 12.1. The fourth-order valence-electron chi connectivity index (χ4n) is 3.14. The molecule has 2 N–H and O–H groups in total. The molecular formula is C17H24N6O2. The van der Waals surface area contributed by atoms with Crippen LogP contribution in [0.5, 0.6) is 0 Å². The lowest BCUT2D eigenvalue weighted by atomic mass is 10.0. The molecule has 1 amide bonds. The summed E-state index contributed by atoms with van der Waals surface area (Å²) in [6.07, 6.45) is 8.50. The first-order valence-corrected chi connectivity index (χ1v) is 8.44. The number of rotatable bonds is 6. The number of aryl methyl sites for hydroxylation is 3. The van der Waals surface area contributed by atoms with Gasteiger partial charge in [-0.25, -0.2) is 4.98 Å². The van der Waals surface area contributed by atoms with E-state index >= 15 is 0 Å². The zero-order chi connectivity index (χ0) is 17.9. The molecule has 1 atom stereocenters. The molecule has 0 bridgehead atoms. The van der Waals surface area contributed by atoms with Crippen molar-refractivity contribution >= 4 is 11.7 Å². The molecule has 1 aliphatic heterocycles. The monoisotopic (exact) mass is 344 g/mol. The minimum Gasteiger partial charge on any atom is -0.386 e. The molecule has 0 spiro atoms. The Hall–Kier alpha value is -2.48. The molecule has 0 aliphatic carbocycles. The van der Waals surface area contributed by atoms with Gasteiger partial charge in [-0.2, -0.15) is 5.10 Å². The second-order valence-corrected chi connectivity index (χ2v) is 6.65. The van der Waals surface area contributed by atoms with Gasteiger partial charge in [0.25, 0.3) is 0 Å². The molecule has 2 aromatic heterocycles. The lowest BCUT2D eigenvalue weighted by molar-refractivity contribution is -0.122. The molecule has 8 heteroatoms. The summed E-state index contributed by atoms with van der Waals surface area (Å²) in [7, 11) is 1.87. The van der Waals surface area contributed by atoms with Crippen LogP contribution in [0.3, 0.4) is 0 Å². The van der Waals surface area contributed by atoms with Crippen LogP contribution in [0.2, 0.25) is 0 Å². The van der Waals surface area contributed by atoms with Crippen LogP contribution in [0.15, 0.2) is 24.8 Å². The molecule has 134 valence electrons. The van der Waals surface area contributed by atoms with E-state index in [2.05, 4.69) is 20.4 Å². The first-order valence-electron chi connectivity index (χ1n) is 8.44. The van der Waals surface area contributed by atoms with Crippen molar-refractivity contribution in [2.24, 2.45) is 7.05 Å². The van der Waals surface area contributed by atoms with Crippen LogP contribution in [-0.2, 0) is 18.3 Å². The number of aromatic nitrogens is 4. The summed E-state index contributed by atoms with van der Waals surface area (Å²) >= 11 is 0. The van der Waals surface area contributed by atoms with E-state index in [1.807, 2.05) is 25.1 Å². The first-order chi connectivity index (χ1) is 12.0. The molecule has 3 heterocycles. The molecule has 1 unspecified atom stereocenters. The molecular weight excluding hydrogens is 320 g/mol. The van der Waals surface area contributed by atoms with Gasteiger partial charge in [-0.1, -0.05) is 0 Å². The number of carbonyl (C=O) groups is 1. The van der Waals surface area contributed by atoms with Gasteiger partial charge in [0.05, 0.1) is 11.9 Å². The summed E-state index contributed by atoms with van der Waals surface area (Å²) in [5.41, 5.74) is 1.09. The highest BCUT2D eigenvalue weighted by atomic mass is 16.3. The molecule has 25 heavy (non-hydrogen) atoms. The van der Waals surface area contributed by atoms with Crippen LogP contribution in [-0.4, -0.2) is 56.0 Å². The van der Waals surface area contributed by atoms with Gasteiger partial charge >= 0.3 is 0 Å². The van der Waals surface area contributed by atoms with E-state index in [1.54, 1.807) is 23.3 Å². The fraction of sp³-hybridized carbons (Fsp3) is 0.529. The van der Waals surface area contributed by atoms with Gasteiger partial charge in [0.15, 0.2) is 0 Å². The molecule has 1 fully saturated rings. The quantitative estimate of drug-likeness (QED) is 0.778. The molecule has 0 aromatic carbocycles. The Morgan fingerprint density at radius 1 is 1.44 bits per heavy atom. The highest BCUT2D eigenvalue weighted by Crippen LogP contribution is 2.24. The minimum atomic E-state index is -0.933. The maximum atomic E-state index is 12.1. The summed E-state index contributed by atoms with van der Waals surface area (Å²) in [4.78, 5) is 22.4. The standard InChI is InChI=1S/C17H24N6O2/c1-13-14(10-22(2)21-13)3-4-16(24)20-11-17(25)5-8-23(12-17)15-9-18-6-7-19-15/h6-7,9-10,25H,3-5,8,11-12H2,1-2H3,(H,20,24). The van der Waals surface area contributed by atoms with Gasteiger partial charge in [0.2, 0.25) is 5.91 Å². The molecule has 0 radical (unpaired) electrons. The molecule has 3 rings (SSSR count). The van der Waals surface area contributed by atoms with Crippen LogP contribution in [0.25, 0.3) is 0 Å². The average Bonchev–Trinajstić information content (AvgIpc) is 3.15. The second kappa shape index (κ2) is 7.18. The summed E-state index contributed by atoms with van der Waals surface area (Å²) in [5.74, 6) is 0.687. The molecule has 8 nitrogen and oxygen atoms in total. The topological polar surface area (TPSA) is 96.2 Å². The predicted molar refractivity (Wildman–Crippen MR) is 93.1 cm³/mol. The van der Waals surface area contributed by atoms with Crippen molar-refractivity contribution in [3.8, 4) is 0 Å². The number of hydrogen-bond acceptors (Lipinski definition) is 6. The van der Waals surface area contributed by atoms with Crippen LogP contribution < -0.4 is 10.2 Å². The SMILES string of the molecule is Cc1nn(C)cc1CCC(=O)NCC1(O)CCN(c2cnccn2)C1. The van der Waals surface area contributed by atoms with Crippen molar-refractivity contribution < 1.29 is 9.90 Å². The zero-order valence-electron chi connectivity index (χ0n) is 14.6. The van der Waals surface area contributed by atoms with E-state index < -0.39 is 5.60 Å². The molecule has 1 saturated heterocycles. The third kappa shape index (κ3) is 4.33. The fourth-order valence-corrected chi connectivity index (χ4v) is 3.14. The Morgan fingerprint density at radius 2 is 2.28 bits per heavy atom. The zero-order valence-corrected chi connectivity index (χ0v) is 14.6. The molecule has 2 aromatic rings. The largest absolute Gasteiger partial charge is 0.386 e. The van der Waals surface area contributed by atoms with Crippen LogP contribution in [0, 0.1) is 6.92 Å². The summed E-state index contributed by atoms with van der Waals surface area (Å²) in [6, 6.07) is 0. The molecule has 1 aliphatic rings. The Morgan fingerprint density at radius 3 is 2.96 bits per heavy atom. The highest BCUT2D eigenvalue weighted by molar-refractivity contribution is 5.76. The predicted octanol–water partition coefficient (Wildman–Crippen LogP) is 0.209. The number of anilines is 1. The van der Waals surface area contributed by atoms with E-state index in [1.165, 1.54) is 0 Å². The minimum absolute atomic E-state index is 0.0605. The summed E-state index contributed by atoms with van der Waals surface area (Å²) < 4.78 is 1.75. The third-order valence-electron chi connectivity index (χ3n) is 4.56. The number of carbonyl (C=O) groups excluding carboxylic acids is 1. The number of aliphatic hydroxyl groups is 1. The second-order valence-electron chi connectivity index (χ2n) is 6.65. The van der Waals surface area contributed by atoms with Crippen molar-refractivity contribution in [2.45, 2.75) is 31.8 Å². The molecule has 0 saturated carbocycles. The van der Waals surface area contributed by atoms with E-state index in [9.17, 15) is 9.90 Å². The van der Waals surface area contributed by atoms with Crippen LogP contribution >= 0.6 is 0 Å². The van der Waals surface area contributed by atoms with Crippen LogP contribution in [0.1, 0.15) is 24.1 Å². The number of nitrogens with zero attached hydrogens (tertiary/aromatic N) is 5. The Balaban J connectivity index is 1.46. The maximum Gasteiger partial charge on any atom is 0.220 e. The Labute approximate surface area is 146 Å². The average molecular weight is 344 g/mol. The van der Waals surface area contributed by atoms with Gasteiger partial charge in [-0.05, 0) is 25.3 Å². The number of hydrogen-bond donors (Lipinski definition) is 2. The van der Waals surface area contributed by atoms with Crippen molar-refractivity contribution in [1.29, 1.82) is 0 Å². The van der Waals surface area contributed by atoms with Gasteiger partial charge in [-0.15, -0.1) is 0 Å². The number of amides is 1. The first kappa shape index (κ1) is 17.3. The third-order valence-corrected chi connectivity index (χ3v) is 4.56. The van der Waals surface area contributed by atoms with Gasteiger partial charge in [0, 0.05) is 51.7 Å². The highest BCUT2D eigenvalue weighted by Gasteiger charge is 2.36. The van der Waals surface area contributed by atoms with Crippen molar-refractivity contribution in [1.82, 2.24) is 25.1 Å². The van der Waals surface area contributed by atoms with Crippen molar-refractivity contribution in [3.63, 3.8) is 0 Å². The van der Waals surface area contributed by atoms with E-state index in [-0.39, 0.29) is 12.5 Å². The van der Waals surface area contributed by atoms with E-state index in [0.717, 1.165) is 17.1 Å². The summed E-state index contributed by atoms with van der Waals surface area (Å²) in [5, 5.41) is 17.8.